The van der Waals surface area contributed by atoms with Gasteiger partial charge in [-0.25, -0.2) is 4.79 Å². The Bertz CT molecular complexity index is 1020. The number of halogens is 1. The van der Waals surface area contributed by atoms with Gasteiger partial charge in [-0.3, -0.25) is 18.7 Å². The van der Waals surface area contributed by atoms with Crippen molar-refractivity contribution in [2.24, 2.45) is 0 Å². The third-order valence-electron chi connectivity index (χ3n) is 5.24. The van der Waals surface area contributed by atoms with Gasteiger partial charge in [0.05, 0.1) is 16.6 Å². The fourth-order valence-corrected chi connectivity index (χ4v) is 6.21. The van der Waals surface area contributed by atoms with Crippen LogP contribution in [0.3, 0.4) is 0 Å². The molecule has 7 nitrogen and oxygen atoms in total. The van der Waals surface area contributed by atoms with Crippen LogP contribution in [0.5, 0.6) is 0 Å². The molecule has 2 heterocycles. The number of hydrogen-bond donors (Lipinski definition) is 1. The maximum atomic E-state index is 13.3. The van der Waals surface area contributed by atoms with E-state index in [0.29, 0.717) is 12.0 Å². The van der Waals surface area contributed by atoms with Crippen molar-refractivity contribution in [3.63, 3.8) is 0 Å². The van der Waals surface area contributed by atoms with E-state index in [1.807, 2.05) is 60.7 Å². The summed E-state index contributed by atoms with van der Waals surface area (Å²) in [7, 11) is -1.44. The summed E-state index contributed by atoms with van der Waals surface area (Å²) in [5.41, 5.74) is 2.19. The van der Waals surface area contributed by atoms with Crippen molar-refractivity contribution >= 4 is 45.0 Å². The number of hydrogen-bond acceptors (Lipinski definition) is 5. The zero-order valence-electron chi connectivity index (χ0n) is 16.3. The average Bonchev–Trinajstić information content (AvgIpc) is 2.81. The zero-order chi connectivity index (χ0) is 22.0. The van der Waals surface area contributed by atoms with Crippen molar-refractivity contribution in [2.75, 3.05) is 11.1 Å². The standard InChI is InChI=1S/C22H19BrN2O5S/c23-11-16-12-31(29)21-17(24-13-26)20(27)25(21)18(16)22(28)30-19(14-7-3-1-4-8-14)15-9-5-2-6-10-15/h1-10,13,17,19,21H,11-12H2,(H,24,26)/t17?,21-,31?/m1/s1. The van der Waals surface area contributed by atoms with Gasteiger partial charge in [0.15, 0.2) is 6.10 Å². The monoisotopic (exact) mass is 502 g/mol. The highest BCUT2D eigenvalue weighted by molar-refractivity contribution is 9.09. The van der Waals surface area contributed by atoms with Gasteiger partial charge in [0.1, 0.15) is 17.1 Å². The molecule has 0 bridgehead atoms. The van der Waals surface area contributed by atoms with E-state index in [9.17, 15) is 18.6 Å². The van der Waals surface area contributed by atoms with Crippen molar-refractivity contribution in [3.8, 4) is 0 Å². The number of nitrogens with zero attached hydrogens (tertiary/aromatic N) is 1. The van der Waals surface area contributed by atoms with Gasteiger partial charge in [0.2, 0.25) is 6.41 Å². The Kier molecular flexibility index (Phi) is 6.33. The van der Waals surface area contributed by atoms with Crippen LogP contribution in [0.25, 0.3) is 0 Å². The minimum atomic E-state index is -1.44. The summed E-state index contributed by atoms with van der Waals surface area (Å²) in [6.07, 6.45) is -0.273. The number of alkyl halides is 1. The lowest BCUT2D eigenvalue weighted by molar-refractivity contribution is -0.154. The fraction of sp³-hybridized carbons (Fsp3) is 0.227. The quantitative estimate of drug-likeness (QED) is 0.270. The van der Waals surface area contributed by atoms with E-state index in [2.05, 4.69) is 21.2 Å². The highest BCUT2D eigenvalue weighted by Crippen LogP contribution is 2.37. The smallest absolute Gasteiger partial charge is 0.356 e. The predicted octanol–water partition coefficient (Wildman–Crippen LogP) is 2.01. The van der Waals surface area contributed by atoms with Gasteiger partial charge in [0.25, 0.3) is 5.91 Å². The predicted molar refractivity (Wildman–Crippen MR) is 118 cm³/mol. The molecule has 0 saturated carbocycles. The Hall–Kier alpha value is -2.78. The second-order valence-electron chi connectivity index (χ2n) is 7.08. The third kappa shape index (κ3) is 3.95. The lowest BCUT2D eigenvalue weighted by Gasteiger charge is -2.48. The largest absolute Gasteiger partial charge is 0.448 e. The number of rotatable bonds is 7. The van der Waals surface area contributed by atoms with E-state index in [1.54, 1.807) is 0 Å². The van der Waals surface area contributed by atoms with Gasteiger partial charge in [-0.2, -0.15) is 0 Å². The number of benzene rings is 2. The molecule has 9 heteroatoms. The maximum Gasteiger partial charge on any atom is 0.356 e. The molecule has 1 saturated heterocycles. The van der Waals surface area contributed by atoms with Crippen molar-refractivity contribution in [3.05, 3.63) is 83.1 Å². The van der Waals surface area contributed by atoms with E-state index in [0.717, 1.165) is 11.1 Å². The van der Waals surface area contributed by atoms with E-state index < -0.39 is 40.2 Å². The summed E-state index contributed by atoms with van der Waals surface area (Å²) in [5.74, 6) is -1.04. The highest BCUT2D eigenvalue weighted by atomic mass is 79.9. The Labute approximate surface area is 190 Å². The van der Waals surface area contributed by atoms with Crippen LogP contribution in [0.4, 0.5) is 0 Å². The molecule has 2 unspecified atom stereocenters. The number of carbonyl (C=O) groups excluding carboxylic acids is 3. The molecule has 0 aromatic heterocycles. The van der Waals surface area contributed by atoms with Crippen LogP contribution in [0, 0.1) is 0 Å². The van der Waals surface area contributed by atoms with Gasteiger partial charge in [-0.05, 0) is 16.7 Å². The van der Waals surface area contributed by atoms with Crippen LogP contribution in [-0.4, -0.2) is 49.9 Å². The molecule has 2 aromatic carbocycles. The van der Waals surface area contributed by atoms with Crippen molar-refractivity contribution in [1.29, 1.82) is 0 Å². The molecule has 2 aliphatic heterocycles. The van der Waals surface area contributed by atoms with Crippen LogP contribution in [0.15, 0.2) is 71.9 Å². The van der Waals surface area contributed by atoms with Crippen LogP contribution in [0.1, 0.15) is 17.2 Å². The SMILES string of the molecule is O=CNC1C(=O)N2C(C(=O)OC(c3ccccc3)c3ccccc3)=C(CBr)CS(=O)[C@H]12. The molecular weight excluding hydrogens is 484 g/mol. The summed E-state index contributed by atoms with van der Waals surface area (Å²) >= 11 is 3.33. The molecule has 0 radical (unpaired) electrons. The molecule has 31 heavy (non-hydrogen) atoms. The molecule has 1 N–H and O–H groups in total. The minimum Gasteiger partial charge on any atom is -0.448 e. The molecule has 2 aliphatic rings. The first kappa shape index (κ1) is 21.5. The van der Waals surface area contributed by atoms with Gasteiger partial charge < -0.3 is 10.1 Å². The third-order valence-corrected chi connectivity index (χ3v) is 7.57. The Morgan fingerprint density at radius 3 is 2.26 bits per heavy atom. The second-order valence-corrected chi connectivity index (χ2v) is 9.17. The zero-order valence-corrected chi connectivity index (χ0v) is 18.7. The first-order chi connectivity index (χ1) is 15.1. The lowest BCUT2D eigenvalue weighted by Crippen LogP contribution is -2.72. The molecule has 0 aliphatic carbocycles. The topological polar surface area (TPSA) is 92.8 Å². The fourth-order valence-electron chi connectivity index (χ4n) is 3.79. The Morgan fingerprint density at radius 2 is 1.74 bits per heavy atom. The lowest BCUT2D eigenvalue weighted by atomic mass is 10.0. The van der Waals surface area contributed by atoms with E-state index >= 15 is 0 Å². The summed E-state index contributed by atoms with van der Waals surface area (Å²) < 4.78 is 18.6. The normalized spacial score (nSPS) is 22.6. The molecule has 4 rings (SSSR count). The summed E-state index contributed by atoms with van der Waals surface area (Å²) in [5, 5.41) is 1.88. The number of carbonyl (C=O) groups is 3. The number of amides is 2. The minimum absolute atomic E-state index is 0.0901. The summed E-state index contributed by atoms with van der Waals surface area (Å²) in [6.45, 7) is 0. The highest BCUT2D eigenvalue weighted by Gasteiger charge is 2.56. The summed E-state index contributed by atoms with van der Waals surface area (Å²) in [4.78, 5) is 38.0. The molecular formula is C22H19BrN2O5S. The number of nitrogens with one attached hydrogen (secondary N) is 1. The van der Waals surface area contributed by atoms with E-state index in [4.69, 9.17) is 4.74 Å². The van der Waals surface area contributed by atoms with Crippen LogP contribution < -0.4 is 5.32 Å². The van der Waals surface area contributed by atoms with E-state index in [-0.39, 0.29) is 16.8 Å². The van der Waals surface area contributed by atoms with Crippen molar-refractivity contribution in [2.45, 2.75) is 17.5 Å². The second kappa shape index (κ2) is 9.15. The molecule has 1 fully saturated rings. The van der Waals surface area contributed by atoms with Crippen LogP contribution in [0.2, 0.25) is 0 Å². The molecule has 2 aromatic rings. The molecule has 160 valence electrons. The first-order valence-electron chi connectivity index (χ1n) is 9.55. The number of β-lactam (4-membered cyclic amide) rings is 1. The van der Waals surface area contributed by atoms with Crippen LogP contribution in [-0.2, 0) is 29.9 Å². The number of fused-ring (bicyclic) bond motifs is 1. The maximum absolute atomic E-state index is 13.3. The van der Waals surface area contributed by atoms with E-state index in [1.165, 1.54) is 4.90 Å². The molecule has 0 spiro atoms. The van der Waals surface area contributed by atoms with Gasteiger partial charge in [0, 0.05) is 5.33 Å². The summed E-state index contributed by atoms with van der Waals surface area (Å²) in [6, 6.07) is 17.7. The molecule has 2 amide bonds. The Balaban J connectivity index is 1.69. The Morgan fingerprint density at radius 1 is 1.16 bits per heavy atom. The van der Waals surface area contributed by atoms with Crippen LogP contribution >= 0.6 is 15.9 Å². The molecule has 3 atom stereocenters. The van der Waals surface area contributed by atoms with Crippen molar-refractivity contribution in [1.82, 2.24) is 10.2 Å². The van der Waals surface area contributed by atoms with Gasteiger partial charge in [-0.1, -0.05) is 76.6 Å². The average molecular weight is 503 g/mol. The van der Waals surface area contributed by atoms with Gasteiger partial charge in [-0.15, -0.1) is 0 Å². The number of ether oxygens (including phenoxy) is 1. The van der Waals surface area contributed by atoms with Gasteiger partial charge >= 0.3 is 5.97 Å². The first-order valence-corrected chi connectivity index (χ1v) is 12.1. The van der Waals surface area contributed by atoms with Crippen molar-refractivity contribution < 1.29 is 23.3 Å². The number of esters is 1.